The van der Waals surface area contributed by atoms with Gasteiger partial charge in [0.1, 0.15) is 29.6 Å². The SMILES string of the molecule is CCOC(Cc1ccc(OCc2nc(-c3ccccc3F)oc2C)cc1C(F)(F)F)C(=O)O. The summed E-state index contributed by atoms with van der Waals surface area (Å²) >= 11 is 0. The molecule has 0 radical (unpaired) electrons. The molecular weight excluding hydrogens is 446 g/mol. The van der Waals surface area contributed by atoms with Gasteiger partial charge in [0.15, 0.2) is 6.10 Å². The molecule has 0 saturated heterocycles. The second-order valence-corrected chi connectivity index (χ2v) is 7.09. The van der Waals surface area contributed by atoms with Crippen molar-refractivity contribution < 1.29 is 41.4 Å². The van der Waals surface area contributed by atoms with E-state index in [1.165, 1.54) is 24.3 Å². The van der Waals surface area contributed by atoms with Gasteiger partial charge in [-0.2, -0.15) is 13.2 Å². The van der Waals surface area contributed by atoms with Crippen LogP contribution in [0.1, 0.15) is 29.5 Å². The minimum absolute atomic E-state index is 0.0335. The largest absolute Gasteiger partial charge is 0.487 e. The third-order valence-corrected chi connectivity index (χ3v) is 4.81. The first-order chi connectivity index (χ1) is 15.6. The van der Waals surface area contributed by atoms with E-state index in [9.17, 15) is 27.5 Å². The Morgan fingerprint density at radius 1 is 1.21 bits per heavy atom. The lowest BCUT2D eigenvalue weighted by atomic mass is 10.0. The Morgan fingerprint density at radius 2 is 1.94 bits per heavy atom. The van der Waals surface area contributed by atoms with E-state index in [-0.39, 0.29) is 36.0 Å². The van der Waals surface area contributed by atoms with Gasteiger partial charge in [0.2, 0.25) is 5.89 Å². The fourth-order valence-electron chi connectivity index (χ4n) is 3.17. The zero-order valence-corrected chi connectivity index (χ0v) is 17.8. The number of alkyl halides is 3. The maximum Gasteiger partial charge on any atom is 0.416 e. The molecule has 1 heterocycles. The Morgan fingerprint density at radius 3 is 2.58 bits per heavy atom. The molecule has 2 aromatic carbocycles. The van der Waals surface area contributed by atoms with Crippen molar-refractivity contribution in [3.63, 3.8) is 0 Å². The molecule has 1 aromatic heterocycles. The summed E-state index contributed by atoms with van der Waals surface area (Å²) in [4.78, 5) is 15.5. The number of carbonyl (C=O) groups is 1. The molecular formula is C23H21F4NO5. The van der Waals surface area contributed by atoms with Gasteiger partial charge in [-0.25, -0.2) is 14.2 Å². The molecule has 0 saturated carbocycles. The lowest BCUT2D eigenvalue weighted by Gasteiger charge is -2.18. The number of benzene rings is 2. The number of ether oxygens (including phenoxy) is 2. The average Bonchev–Trinajstić information content (AvgIpc) is 3.12. The number of hydrogen-bond donors (Lipinski definition) is 1. The maximum absolute atomic E-state index is 14.0. The monoisotopic (exact) mass is 467 g/mol. The molecule has 0 amide bonds. The predicted molar refractivity (Wildman–Crippen MR) is 109 cm³/mol. The van der Waals surface area contributed by atoms with E-state index >= 15 is 0 Å². The van der Waals surface area contributed by atoms with Gasteiger partial charge >= 0.3 is 12.1 Å². The van der Waals surface area contributed by atoms with E-state index in [4.69, 9.17) is 13.9 Å². The highest BCUT2D eigenvalue weighted by molar-refractivity contribution is 5.73. The van der Waals surface area contributed by atoms with E-state index in [0.29, 0.717) is 11.5 Å². The van der Waals surface area contributed by atoms with Crippen molar-refractivity contribution in [2.75, 3.05) is 6.61 Å². The number of rotatable bonds is 9. The summed E-state index contributed by atoms with van der Waals surface area (Å²) in [6.45, 7) is 2.98. The minimum Gasteiger partial charge on any atom is -0.487 e. The third kappa shape index (κ3) is 5.89. The molecule has 33 heavy (non-hydrogen) atoms. The van der Waals surface area contributed by atoms with Crippen LogP contribution in [0.5, 0.6) is 5.75 Å². The summed E-state index contributed by atoms with van der Waals surface area (Å²) in [5.41, 5.74) is -0.795. The van der Waals surface area contributed by atoms with Gasteiger partial charge in [0.25, 0.3) is 0 Å². The summed E-state index contributed by atoms with van der Waals surface area (Å²) in [5.74, 6) is -1.60. The lowest BCUT2D eigenvalue weighted by Crippen LogP contribution is -2.27. The van der Waals surface area contributed by atoms with Crippen LogP contribution in [0, 0.1) is 12.7 Å². The highest BCUT2D eigenvalue weighted by atomic mass is 19.4. The molecule has 0 spiro atoms. The summed E-state index contributed by atoms with van der Waals surface area (Å²) in [6.07, 6.45) is -6.59. The van der Waals surface area contributed by atoms with E-state index in [1.807, 2.05) is 0 Å². The molecule has 0 aliphatic heterocycles. The number of aryl methyl sites for hydroxylation is 1. The van der Waals surface area contributed by atoms with Gasteiger partial charge in [0.05, 0.1) is 11.1 Å². The zero-order chi connectivity index (χ0) is 24.2. The Balaban J connectivity index is 1.81. The number of halogens is 4. The normalized spacial score (nSPS) is 12.5. The van der Waals surface area contributed by atoms with E-state index in [0.717, 1.165) is 12.1 Å². The quantitative estimate of drug-likeness (QED) is 0.424. The molecule has 3 rings (SSSR count). The average molecular weight is 467 g/mol. The van der Waals surface area contributed by atoms with Crippen LogP contribution >= 0.6 is 0 Å². The van der Waals surface area contributed by atoms with Gasteiger partial charge in [0, 0.05) is 13.0 Å². The molecule has 3 aromatic rings. The van der Waals surface area contributed by atoms with Crippen molar-refractivity contribution >= 4 is 5.97 Å². The standard InChI is InChI=1S/C23H21F4NO5/c1-3-31-20(22(29)30)10-14-8-9-15(11-17(14)23(25,26)27)32-12-19-13(2)33-21(28-19)16-6-4-5-7-18(16)24/h4-9,11,20H,3,10,12H2,1-2H3,(H,29,30). The second kappa shape index (κ2) is 10.0. The first-order valence-electron chi connectivity index (χ1n) is 9.98. The summed E-state index contributed by atoms with van der Waals surface area (Å²) < 4.78 is 70.8. The van der Waals surface area contributed by atoms with Crippen LogP contribution in [0.15, 0.2) is 46.9 Å². The fraction of sp³-hybridized carbons (Fsp3) is 0.304. The van der Waals surface area contributed by atoms with Gasteiger partial charge in [-0.1, -0.05) is 18.2 Å². The molecule has 0 aliphatic carbocycles. The third-order valence-electron chi connectivity index (χ3n) is 4.81. The second-order valence-electron chi connectivity index (χ2n) is 7.09. The number of carboxylic acids is 1. The van der Waals surface area contributed by atoms with Crippen LogP contribution < -0.4 is 4.74 Å². The summed E-state index contributed by atoms with van der Waals surface area (Å²) in [6, 6.07) is 9.16. The minimum atomic E-state index is -4.73. The van der Waals surface area contributed by atoms with E-state index < -0.39 is 36.1 Å². The Labute approximate surface area is 186 Å². The van der Waals surface area contributed by atoms with Crippen molar-refractivity contribution in [1.29, 1.82) is 0 Å². The van der Waals surface area contributed by atoms with Crippen molar-refractivity contribution in [3.05, 3.63) is 70.9 Å². The van der Waals surface area contributed by atoms with E-state index in [1.54, 1.807) is 19.9 Å². The number of oxazole rings is 1. The maximum atomic E-state index is 14.0. The highest BCUT2D eigenvalue weighted by Crippen LogP contribution is 2.35. The molecule has 0 aliphatic rings. The highest BCUT2D eigenvalue weighted by Gasteiger charge is 2.35. The van der Waals surface area contributed by atoms with Gasteiger partial charge in [-0.3, -0.25) is 0 Å². The topological polar surface area (TPSA) is 81.8 Å². The zero-order valence-electron chi connectivity index (χ0n) is 17.8. The first-order valence-corrected chi connectivity index (χ1v) is 9.98. The summed E-state index contributed by atoms with van der Waals surface area (Å²) in [7, 11) is 0. The first kappa shape index (κ1) is 24.2. The number of aromatic nitrogens is 1. The number of aliphatic carboxylic acids is 1. The van der Waals surface area contributed by atoms with Gasteiger partial charge in [-0.15, -0.1) is 0 Å². The van der Waals surface area contributed by atoms with E-state index in [2.05, 4.69) is 4.98 Å². The smallest absolute Gasteiger partial charge is 0.416 e. The van der Waals surface area contributed by atoms with Crippen LogP contribution in [0.2, 0.25) is 0 Å². The van der Waals surface area contributed by atoms with Crippen LogP contribution in [0.3, 0.4) is 0 Å². The Hall–Kier alpha value is -3.40. The molecule has 1 atom stereocenters. The molecule has 6 nitrogen and oxygen atoms in total. The van der Waals surface area contributed by atoms with Crippen LogP contribution in [-0.4, -0.2) is 28.8 Å². The van der Waals surface area contributed by atoms with Crippen molar-refractivity contribution in [3.8, 4) is 17.2 Å². The number of nitrogens with zero attached hydrogens (tertiary/aromatic N) is 1. The van der Waals surface area contributed by atoms with Crippen LogP contribution in [-0.2, 0) is 28.7 Å². The van der Waals surface area contributed by atoms with Gasteiger partial charge in [-0.05, 0) is 43.7 Å². The molecule has 10 heteroatoms. The van der Waals surface area contributed by atoms with Gasteiger partial charge < -0.3 is 19.0 Å². The molecule has 0 bridgehead atoms. The number of carboxylic acid groups (broad SMARTS) is 1. The fourth-order valence-corrected chi connectivity index (χ4v) is 3.17. The number of hydrogen-bond acceptors (Lipinski definition) is 5. The lowest BCUT2D eigenvalue weighted by molar-refractivity contribution is -0.150. The Bertz CT molecular complexity index is 1130. The van der Waals surface area contributed by atoms with Crippen LogP contribution in [0.25, 0.3) is 11.5 Å². The molecule has 1 unspecified atom stereocenters. The predicted octanol–water partition coefficient (Wildman–Crippen LogP) is 5.42. The summed E-state index contributed by atoms with van der Waals surface area (Å²) in [5, 5.41) is 9.18. The van der Waals surface area contributed by atoms with Crippen molar-refractivity contribution in [2.24, 2.45) is 0 Å². The Kier molecular flexibility index (Phi) is 7.37. The molecule has 0 fully saturated rings. The molecule has 1 N–H and O–H groups in total. The molecule has 176 valence electrons. The van der Waals surface area contributed by atoms with Crippen molar-refractivity contribution in [1.82, 2.24) is 4.98 Å². The van der Waals surface area contributed by atoms with Crippen molar-refractivity contribution in [2.45, 2.75) is 39.2 Å². The van der Waals surface area contributed by atoms with Crippen LogP contribution in [0.4, 0.5) is 17.6 Å².